The van der Waals surface area contributed by atoms with Crippen molar-refractivity contribution in [2.45, 2.75) is 25.9 Å². The Labute approximate surface area is 238 Å². The first-order chi connectivity index (χ1) is 19.9. The fourth-order valence-corrected chi connectivity index (χ4v) is 4.37. The van der Waals surface area contributed by atoms with Gasteiger partial charge in [-0.15, -0.1) is 0 Å². The van der Waals surface area contributed by atoms with Gasteiger partial charge in [-0.3, -0.25) is 14.4 Å². The lowest BCUT2D eigenvalue weighted by Crippen LogP contribution is -2.45. The van der Waals surface area contributed by atoms with Gasteiger partial charge in [-0.1, -0.05) is 0 Å². The summed E-state index contributed by atoms with van der Waals surface area (Å²) in [6.45, 7) is 5.98. The van der Waals surface area contributed by atoms with Crippen molar-refractivity contribution in [1.29, 1.82) is 0 Å². The monoisotopic (exact) mass is 597 g/mol. The van der Waals surface area contributed by atoms with E-state index < -0.39 is 23.9 Å². The highest BCUT2D eigenvalue weighted by Gasteiger charge is 2.38. The zero-order chi connectivity index (χ0) is 30.9. The highest BCUT2D eigenvalue weighted by Crippen LogP contribution is 2.27. The Morgan fingerprint density at radius 2 is 1.67 bits per heavy atom. The molecule has 2 aromatic rings. The molecule has 0 radical (unpaired) electrons. The lowest BCUT2D eigenvalue weighted by atomic mass is 9.96. The van der Waals surface area contributed by atoms with Gasteiger partial charge in [0.15, 0.2) is 0 Å². The number of halogens is 4. The normalized spacial score (nSPS) is 15.7. The van der Waals surface area contributed by atoms with Gasteiger partial charge in [0.05, 0.1) is 30.0 Å². The van der Waals surface area contributed by atoms with Gasteiger partial charge in [0.2, 0.25) is 0 Å². The van der Waals surface area contributed by atoms with Crippen LogP contribution in [0.4, 0.5) is 29.1 Å². The summed E-state index contributed by atoms with van der Waals surface area (Å²) in [5.41, 5.74) is 1.08. The fourth-order valence-electron chi connectivity index (χ4n) is 4.37. The molecule has 0 atom stereocenters. The summed E-state index contributed by atoms with van der Waals surface area (Å²) in [5, 5.41) is 13.2. The average Bonchev–Trinajstić information content (AvgIpc) is 2.97. The number of hydrogen-bond acceptors (Lipinski definition) is 8. The number of carbonyl (C=O) groups excluding carboxylic acids is 3. The number of pyridine rings is 1. The SMILES string of the molecule is CCOC(=O)C1CCN(C(=O)c2cc(NC(=O)c3ccc(F)cc3)cnc2N2CCNCC2)CC1.O=C(O)C(F)(F)F. The largest absolute Gasteiger partial charge is 0.490 e. The lowest BCUT2D eigenvalue weighted by Gasteiger charge is -2.33. The van der Waals surface area contributed by atoms with Gasteiger partial charge in [0.1, 0.15) is 11.6 Å². The smallest absolute Gasteiger partial charge is 0.475 e. The summed E-state index contributed by atoms with van der Waals surface area (Å²) in [6, 6.07) is 6.87. The Bertz CT molecular complexity index is 1260. The van der Waals surface area contributed by atoms with Crippen molar-refractivity contribution >= 4 is 35.3 Å². The maximum atomic E-state index is 13.6. The Morgan fingerprint density at radius 1 is 1.07 bits per heavy atom. The van der Waals surface area contributed by atoms with Gasteiger partial charge in [-0.2, -0.15) is 13.2 Å². The predicted octanol–water partition coefficient (Wildman–Crippen LogP) is 2.93. The quantitative estimate of drug-likeness (QED) is 0.339. The molecule has 4 rings (SSSR count). The number of ether oxygens (including phenoxy) is 1. The molecule has 3 heterocycles. The zero-order valence-corrected chi connectivity index (χ0v) is 22.7. The molecule has 2 aliphatic heterocycles. The number of likely N-dealkylation sites (tertiary alicyclic amines) is 1. The minimum Gasteiger partial charge on any atom is -0.475 e. The number of alkyl halides is 3. The molecule has 11 nitrogen and oxygen atoms in total. The number of piperazine rings is 1. The Morgan fingerprint density at radius 3 is 2.21 bits per heavy atom. The summed E-state index contributed by atoms with van der Waals surface area (Å²) in [6.07, 6.45) is -2.47. The first-order valence-electron chi connectivity index (χ1n) is 13.2. The number of piperidine rings is 1. The van der Waals surface area contributed by atoms with E-state index in [1.54, 1.807) is 17.9 Å². The number of esters is 1. The lowest BCUT2D eigenvalue weighted by molar-refractivity contribution is -0.192. The molecule has 1 aromatic carbocycles. The standard InChI is InChI=1S/C25H30FN5O4.C2HF3O2/c1-2-35-25(34)18-7-11-31(12-8-18)24(33)21-15-20(16-28-22(21)30-13-9-27-10-14-30)29-23(32)17-3-5-19(26)6-4-17;3-2(4,5)1(6)7/h3-6,15-16,18,27H,2,7-14H2,1H3,(H,29,32);(H,6,7). The van der Waals surface area contributed by atoms with E-state index in [0.29, 0.717) is 68.3 Å². The zero-order valence-electron chi connectivity index (χ0n) is 22.7. The minimum absolute atomic E-state index is 0.189. The summed E-state index contributed by atoms with van der Waals surface area (Å²) >= 11 is 0. The second-order valence-corrected chi connectivity index (χ2v) is 9.41. The number of nitrogens with one attached hydrogen (secondary N) is 2. The third-order valence-corrected chi connectivity index (χ3v) is 6.52. The summed E-state index contributed by atoms with van der Waals surface area (Å²) < 4.78 is 50.1. The Kier molecular flexibility index (Phi) is 11.2. The third-order valence-electron chi connectivity index (χ3n) is 6.52. The van der Waals surface area contributed by atoms with E-state index in [2.05, 4.69) is 20.5 Å². The van der Waals surface area contributed by atoms with Crippen molar-refractivity contribution < 1.29 is 46.6 Å². The molecule has 0 unspecified atom stereocenters. The van der Waals surface area contributed by atoms with Crippen LogP contribution in [0.5, 0.6) is 0 Å². The van der Waals surface area contributed by atoms with Crippen LogP contribution in [0.25, 0.3) is 0 Å². The molecule has 0 spiro atoms. The number of hydrogen-bond donors (Lipinski definition) is 3. The number of carboxylic acid groups (broad SMARTS) is 1. The van der Waals surface area contributed by atoms with Crippen LogP contribution in [0.15, 0.2) is 36.5 Å². The van der Waals surface area contributed by atoms with Crippen LogP contribution in [0.3, 0.4) is 0 Å². The average molecular weight is 598 g/mol. The molecular weight excluding hydrogens is 566 g/mol. The maximum absolute atomic E-state index is 13.6. The number of nitrogens with zero attached hydrogens (tertiary/aromatic N) is 3. The van der Waals surface area contributed by atoms with Crippen LogP contribution in [-0.2, 0) is 14.3 Å². The molecule has 2 aliphatic rings. The minimum atomic E-state index is -5.08. The number of aliphatic carboxylic acids is 1. The van der Waals surface area contributed by atoms with E-state index >= 15 is 0 Å². The van der Waals surface area contributed by atoms with Gasteiger partial charge in [0.25, 0.3) is 11.8 Å². The van der Waals surface area contributed by atoms with Crippen LogP contribution >= 0.6 is 0 Å². The van der Waals surface area contributed by atoms with Gasteiger partial charge in [-0.05, 0) is 50.1 Å². The van der Waals surface area contributed by atoms with Crippen LogP contribution in [-0.4, -0.2) is 90.8 Å². The van der Waals surface area contributed by atoms with Crippen molar-refractivity contribution in [1.82, 2.24) is 15.2 Å². The number of carboxylic acids is 1. The predicted molar refractivity (Wildman–Crippen MR) is 143 cm³/mol. The Hall–Kier alpha value is -4.27. The van der Waals surface area contributed by atoms with Crippen LogP contribution < -0.4 is 15.5 Å². The van der Waals surface area contributed by atoms with E-state index in [-0.39, 0.29) is 17.8 Å². The molecule has 0 aliphatic carbocycles. The van der Waals surface area contributed by atoms with E-state index in [1.807, 2.05) is 0 Å². The van der Waals surface area contributed by atoms with Crippen molar-refractivity contribution in [2.75, 3.05) is 56.1 Å². The van der Waals surface area contributed by atoms with Crippen LogP contribution in [0.1, 0.15) is 40.5 Å². The van der Waals surface area contributed by atoms with Gasteiger partial charge in [-0.25, -0.2) is 14.2 Å². The molecule has 42 heavy (non-hydrogen) atoms. The molecule has 0 saturated carbocycles. The molecule has 228 valence electrons. The number of carbonyl (C=O) groups is 4. The highest BCUT2D eigenvalue weighted by atomic mass is 19.4. The van der Waals surface area contributed by atoms with Gasteiger partial charge >= 0.3 is 18.1 Å². The summed E-state index contributed by atoms with van der Waals surface area (Å²) in [4.78, 5) is 55.5. The van der Waals surface area contributed by atoms with E-state index in [9.17, 15) is 31.9 Å². The van der Waals surface area contributed by atoms with Crippen molar-refractivity contribution in [3.63, 3.8) is 0 Å². The maximum Gasteiger partial charge on any atom is 0.490 e. The molecule has 2 saturated heterocycles. The molecule has 2 fully saturated rings. The molecule has 2 amide bonds. The van der Waals surface area contributed by atoms with Gasteiger partial charge < -0.3 is 30.3 Å². The molecular formula is C27H31F4N5O6. The second-order valence-electron chi connectivity index (χ2n) is 9.41. The number of anilines is 2. The highest BCUT2D eigenvalue weighted by molar-refractivity contribution is 6.06. The summed E-state index contributed by atoms with van der Waals surface area (Å²) in [5.74, 6) is -3.64. The molecule has 15 heteroatoms. The van der Waals surface area contributed by atoms with E-state index in [1.165, 1.54) is 30.5 Å². The van der Waals surface area contributed by atoms with Gasteiger partial charge in [0, 0.05) is 44.8 Å². The summed E-state index contributed by atoms with van der Waals surface area (Å²) in [7, 11) is 0. The fraction of sp³-hybridized carbons (Fsp3) is 0.444. The van der Waals surface area contributed by atoms with E-state index in [0.717, 1.165) is 13.1 Å². The number of aromatic nitrogens is 1. The van der Waals surface area contributed by atoms with Crippen molar-refractivity contribution in [3.05, 3.63) is 53.5 Å². The second kappa shape index (κ2) is 14.6. The number of rotatable bonds is 6. The number of benzene rings is 1. The molecule has 1 aromatic heterocycles. The van der Waals surface area contributed by atoms with Crippen LogP contribution in [0, 0.1) is 11.7 Å². The molecule has 0 bridgehead atoms. The van der Waals surface area contributed by atoms with E-state index in [4.69, 9.17) is 14.6 Å². The topological polar surface area (TPSA) is 141 Å². The van der Waals surface area contributed by atoms with Crippen molar-refractivity contribution in [2.24, 2.45) is 5.92 Å². The van der Waals surface area contributed by atoms with Crippen molar-refractivity contribution in [3.8, 4) is 0 Å². The first-order valence-corrected chi connectivity index (χ1v) is 13.2. The van der Waals surface area contributed by atoms with Crippen LogP contribution in [0.2, 0.25) is 0 Å². The number of amides is 2. The molecule has 3 N–H and O–H groups in total. The first kappa shape index (κ1) is 32.2. The Balaban J connectivity index is 0.000000616. The third kappa shape index (κ3) is 8.86.